The van der Waals surface area contributed by atoms with E-state index in [1.54, 1.807) is 6.07 Å². The van der Waals surface area contributed by atoms with Crippen molar-refractivity contribution in [2.45, 2.75) is 25.3 Å². The molecular formula is C12H17NO4. The summed E-state index contributed by atoms with van der Waals surface area (Å²) in [5.41, 5.74) is 0. The lowest BCUT2D eigenvalue weighted by molar-refractivity contribution is 0.0652. The maximum Gasteiger partial charge on any atom is 0.371 e. The number of likely N-dealkylation sites (tertiary alicyclic amines) is 1. The number of ether oxygens (including phenoxy) is 1. The Hall–Kier alpha value is -1.49. The number of rotatable bonds is 5. The minimum atomic E-state index is -1.07. The summed E-state index contributed by atoms with van der Waals surface area (Å²) in [5, 5.41) is 8.67. The third-order valence-electron chi connectivity index (χ3n) is 3.16. The highest BCUT2D eigenvalue weighted by Gasteiger charge is 2.20. The van der Waals surface area contributed by atoms with Gasteiger partial charge in [-0.1, -0.05) is 0 Å². The molecule has 1 fully saturated rings. The molecule has 1 aromatic rings. The van der Waals surface area contributed by atoms with E-state index in [0.717, 1.165) is 13.0 Å². The largest absolute Gasteiger partial charge is 0.475 e. The van der Waals surface area contributed by atoms with Crippen LogP contribution in [-0.2, 0) is 0 Å². The molecule has 1 aliphatic rings. The molecule has 2 heterocycles. The SMILES string of the molecule is CN1CCCC1CCOc1ccc(C(=O)O)o1. The highest BCUT2D eigenvalue weighted by Crippen LogP contribution is 2.20. The van der Waals surface area contributed by atoms with Gasteiger partial charge >= 0.3 is 5.97 Å². The van der Waals surface area contributed by atoms with Crippen LogP contribution in [0.15, 0.2) is 16.5 Å². The summed E-state index contributed by atoms with van der Waals surface area (Å²) in [6, 6.07) is 3.52. The van der Waals surface area contributed by atoms with Crippen LogP contribution in [0, 0.1) is 0 Å². The average molecular weight is 239 g/mol. The number of nitrogens with zero attached hydrogens (tertiary/aromatic N) is 1. The third kappa shape index (κ3) is 3.00. The number of carboxylic acids is 1. The number of furan rings is 1. The average Bonchev–Trinajstić information content (AvgIpc) is 2.89. The highest BCUT2D eigenvalue weighted by atomic mass is 16.6. The standard InChI is InChI=1S/C12H17NO4/c1-13-7-2-3-9(13)6-8-16-11-5-4-10(17-11)12(14)15/h4-5,9H,2-3,6-8H2,1H3,(H,14,15). The van der Waals surface area contributed by atoms with Crippen LogP contribution in [0.5, 0.6) is 5.95 Å². The minimum Gasteiger partial charge on any atom is -0.475 e. The second-order valence-electron chi connectivity index (χ2n) is 4.34. The number of hydrogen-bond acceptors (Lipinski definition) is 4. The van der Waals surface area contributed by atoms with Gasteiger partial charge in [-0.3, -0.25) is 0 Å². The Balaban J connectivity index is 1.76. The van der Waals surface area contributed by atoms with Gasteiger partial charge in [0, 0.05) is 12.1 Å². The fraction of sp³-hybridized carbons (Fsp3) is 0.583. The molecule has 5 nitrogen and oxygen atoms in total. The molecule has 0 saturated carbocycles. The van der Waals surface area contributed by atoms with Crippen LogP contribution in [0.4, 0.5) is 0 Å². The first-order valence-electron chi connectivity index (χ1n) is 5.83. The van der Waals surface area contributed by atoms with Crippen LogP contribution in [0.25, 0.3) is 0 Å². The molecule has 0 bridgehead atoms. The lowest BCUT2D eigenvalue weighted by Gasteiger charge is -2.18. The van der Waals surface area contributed by atoms with E-state index in [1.165, 1.54) is 18.9 Å². The van der Waals surface area contributed by atoms with Gasteiger partial charge in [-0.25, -0.2) is 4.79 Å². The van der Waals surface area contributed by atoms with Crippen molar-refractivity contribution in [2.75, 3.05) is 20.2 Å². The monoisotopic (exact) mass is 239 g/mol. The van der Waals surface area contributed by atoms with Gasteiger partial charge in [-0.15, -0.1) is 0 Å². The van der Waals surface area contributed by atoms with Crippen molar-refractivity contribution in [3.8, 4) is 5.95 Å². The zero-order valence-electron chi connectivity index (χ0n) is 9.89. The van der Waals surface area contributed by atoms with E-state index in [1.807, 2.05) is 0 Å². The van der Waals surface area contributed by atoms with Crippen molar-refractivity contribution >= 4 is 5.97 Å². The maximum absolute atomic E-state index is 10.6. The summed E-state index contributed by atoms with van der Waals surface area (Å²) in [6.45, 7) is 1.70. The molecule has 1 atom stereocenters. The Morgan fingerprint density at radius 1 is 1.65 bits per heavy atom. The number of carbonyl (C=O) groups is 1. The Kier molecular flexibility index (Phi) is 3.68. The summed E-state index contributed by atoms with van der Waals surface area (Å²) in [6.07, 6.45) is 3.39. The molecule has 0 spiro atoms. The van der Waals surface area contributed by atoms with Crippen molar-refractivity contribution in [3.63, 3.8) is 0 Å². The van der Waals surface area contributed by atoms with Crippen molar-refractivity contribution in [1.29, 1.82) is 0 Å². The van der Waals surface area contributed by atoms with E-state index in [9.17, 15) is 4.79 Å². The molecule has 1 aliphatic heterocycles. The fourth-order valence-corrected chi connectivity index (χ4v) is 2.15. The van der Waals surface area contributed by atoms with Crippen LogP contribution >= 0.6 is 0 Å². The van der Waals surface area contributed by atoms with E-state index in [0.29, 0.717) is 12.6 Å². The van der Waals surface area contributed by atoms with Crippen LogP contribution in [-0.4, -0.2) is 42.2 Å². The smallest absolute Gasteiger partial charge is 0.371 e. The van der Waals surface area contributed by atoms with Crippen LogP contribution in [0.3, 0.4) is 0 Å². The second-order valence-corrected chi connectivity index (χ2v) is 4.34. The molecule has 94 valence electrons. The molecule has 0 aromatic carbocycles. The lowest BCUT2D eigenvalue weighted by atomic mass is 10.1. The van der Waals surface area contributed by atoms with Gasteiger partial charge in [-0.2, -0.15) is 0 Å². The quantitative estimate of drug-likeness (QED) is 0.849. The van der Waals surface area contributed by atoms with Gasteiger partial charge in [0.1, 0.15) is 0 Å². The van der Waals surface area contributed by atoms with E-state index in [-0.39, 0.29) is 11.7 Å². The molecule has 17 heavy (non-hydrogen) atoms. The van der Waals surface area contributed by atoms with Crippen molar-refractivity contribution < 1.29 is 19.1 Å². The third-order valence-corrected chi connectivity index (χ3v) is 3.16. The first kappa shape index (κ1) is 12.0. The summed E-state index contributed by atoms with van der Waals surface area (Å²) < 4.78 is 10.4. The minimum absolute atomic E-state index is 0.0852. The lowest BCUT2D eigenvalue weighted by Crippen LogP contribution is -2.26. The topological polar surface area (TPSA) is 62.9 Å². The predicted molar refractivity (Wildman–Crippen MR) is 61.4 cm³/mol. The van der Waals surface area contributed by atoms with E-state index in [4.69, 9.17) is 14.3 Å². The fourth-order valence-electron chi connectivity index (χ4n) is 2.15. The molecule has 1 N–H and O–H groups in total. The Morgan fingerprint density at radius 3 is 3.06 bits per heavy atom. The van der Waals surface area contributed by atoms with E-state index >= 15 is 0 Å². The molecule has 0 radical (unpaired) electrons. The summed E-state index contributed by atoms with van der Waals surface area (Å²) in [5.74, 6) is -0.878. The Bertz CT molecular complexity index is 388. The van der Waals surface area contributed by atoms with Crippen molar-refractivity contribution in [3.05, 3.63) is 17.9 Å². The number of aromatic carboxylic acids is 1. The molecule has 1 unspecified atom stereocenters. The van der Waals surface area contributed by atoms with Gasteiger partial charge in [0.25, 0.3) is 5.95 Å². The zero-order valence-corrected chi connectivity index (χ0v) is 9.89. The van der Waals surface area contributed by atoms with Gasteiger partial charge in [0.05, 0.1) is 6.61 Å². The zero-order chi connectivity index (χ0) is 12.3. The van der Waals surface area contributed by atoms with Crippen LogP contribution < -0.4 is 4.74 Å². The van der Waals surface area contributed by atoms with Crippen molar-refractivity contribution in [2.24, 2.45) is 0 Å². The molecule has 1 aromatic heterocycles. The highest BCUT2D eigenvalue weighted by molar-refractivity contribution is 5.84. The molecule has 1 saturated heterocycles. The first-order chi connectivity index (χ1) is 8.16. The summed E-state index contributed by atoms with van der Waals surface area (Å²) in [4.78, 5) is 12.9. The Morgan fingerprint density at radius 2 is 2.47 bits per heavy atom. The molecule has 2 rings (SSSR count). The van der Waals surface area contributed by atoms with Gasteiger partial charge < -0.3 is 19.2 Å². The Labute approximate surface area is 100.0 Å². The van der Waals surface area contributed by atoms with Gasteiger partial charge in [0.15, 0.2) is 0 Å². The van der Waals surface area contributed by atoms with E-state index in [2.05, 4.69) is 11.9 Å². The predicted octanol–water partition coefficient (Wildman–Crippen LogP) is 1.84. The van der Waals surface area contributed by atoms with Crippen molar-refractivity contribution in [1.82, 2.24) is 4.90 Å². The van der Waals surface area contributed by atoms with Gasteiger partial charge in [0.2, 0.25) is 5.76 Å². The molecule has 0 aliphatic carbocycles. The van der Waals surface area contributed by atoms with Crippen LogP contribution in [0.1, 0.15) is 29.8 Å². The number of hydrogen-bond donors (Lipinski definition) is 1. The summed E-state index contributed by atoms with van der Waals surface area (Å²) in [7, 11) is 2.12. The number of carboxylic acid groups (broad SMARTS) is 1. The normalized spacial score (nSPS) is 20.6. The maximum atomic E-state index is 10.6. The van der Waals surface area contributed by atoms with Gasteiger partial charge in [-0.05, 0) is 38.9 Å². The second kappa shape index (κ2) is 5.23. The molecule has 5 heteroatoms. The van der Waals surface area contributed by atoms with E-state index < -0.39 is 5.97 Å². The summed E-state index contributed by atoms with van der Waals surface area (Å²) >= 11 is 0. The molecular weight excluding hydrogens is 222 g/mol. The first-order valence-corrected chi connectivity index (χ1v) is 5.83. The van der Waals surface area contributed by atoms with Crippen LogP contribution in [0.2, 0.25) is 0 Å². The molecule has 0 amide bonds.